The smallest absolute Gasteiger partial charge is 0.162 e. The highest BCUT2D eigenvalue weighted by Gasteiger charge is 2.13. The minimum absolute atomic E-state index is 0.498. The number of benzene rings is 1. The van der Waals surface area contributed by atoms with Crippen molar-refractivity contribution >= 4 is 22.4 Å². The van der Waals surface area contributed by atoms with Crippen LogP contribution in [-0.4, -0.2) is 68.9 Å². The van der Waals surface area contributed by atoms with Crippen molar-refractivity contribution in [2.24, 2.45) is 0 Å². The Morgan fingerprint density at radius 1 is 0.943 bits per heavy atom. The second-order valence-corrected chi connectivity index (χ2v) is 8.46. The van der Waals surface area contributed by atoms with Crippen molar-refractivity contribution in [2.75, 3.05) is 45.2 Å². The van der Waals surface area contributed by atoms with Crippen LogP contribution in [0.25, 0.3) is 38.9 Å². The maximum atomic E-state index is 5.87. The average molecular weight is 468 g/mol. The molecule has 5 aromatic rings. The molecule has 6 rings (SSSR count). The summed E-state index contributed by atoms with van der Waals surface area (Å²) in [5.41, 5.74) is 11.1. The van der Waals surface area contributed by atoms with E-state index in [-0.39, 0.29) is 0 Å². The third kappa shape index (κ3) is 4.39. The summed E-state index contributed by atoms with van der Waals surface area (Å²) < 4.78 is 13.0. The molecule has 9 heteroatoms. The molecule has 4 aromatic heterocycles. The molecule has 1 aliphatic rings. The molecule has 5 heterocycles. The molecule has 0 spiro atoms. The molecule has 2 N–H and O–H groups in total. The Bertz CT molecular complexity index is 1480. The first-order valence-electron chi connectivity index (χ1n) is 11.6. The first-order chi connectivity index (χ1) is 17.2. The standard InChI is InChI=1S/C26H25N7O2/c27-25-7-5-21-20(2-1-3-24(21)31-25)22-16-30-33-17-18(14-29-26(22)33)23-6-4-19(15-28-23)35-13-10-32-8-11-34-12-9-32/h1-7,14-17H,8-13H2,(H2,27,31). The number of hydrogen-bond donors (Lipinski definition) is 1. The van der Waals surface area contributed by atoms with Crippen LogP contribution in [0.3, 0.4) is 0 Å². The summed E-state index contributed by atoms with van der Waals surface area (Å²) in [6.07, 6.45) is 7.34. The van der Waals surface area contributed by atoms with Crippen molar-refractivity contribution in [2.45, 2.75) is 0 Å². The van der Waals surface area contributed by atoms with E-state index >= 15 is 0 Å². The zero-order chi connectivity index (χ0) is 23.6. The second-order valence-electron chi connectivity index (χ2n) is 8.46. The van der Waals surface area contributed by atoms with Crippen molar-refractivity contribution in [1.82, 2.24) is 29.5 Å². The van der Waals surface area contributed by atoms with Gasteiger partial charge in [0.05, 0.1) is 36.8 Å². The lowest BCUT2D eigenvalue weighted by molar-refractivity contribution is 0.0322. The van der Waals surface area contributed by atoms with E-state index in [0.717, 1.165) is 77.5 Å². The number of nitrogen functional groups attached to an aromatic ring is 1. The second kappa shape index (κ2) is 9.28. The van der Waals surface area contributed by atoms with Crippen molar-refractivity contribution < 1.29 is 9.47 Å². The first kappa shape index (κ1) is 21.5. The van der Waals surface area contributed by atoms with Crippen molar-refractivity contribution in [3.05, 3.63) is 67.3 Å². The van der Waals surface area contributed by atoms with Crippen molar-refractivity contribution in [3.63, 3.8) is 0 Å². The van der Waals surface area contributed by atoms with E-state index in [4.69, 9.17) is 20.2 Å². The van der Waals surface area contributed by atoms with Crippen LogP contribution in [0.15, 0.2) is 67.3 Å². The number of anilines is 1. The Hall–Kier alpha value is -4.08. The van der Waals surface area contributed by atoms with E-state index < -0.39 is 0 Å². The number of pyridine rings is 2. The van der Waals surface area contributed by atoms with Gasteiger partial charge in [0, 0.05) is 48.5 Å². The zero-order valence-corrected chi connectivity index (χ0v) is 19.2. The number of hydrogen-bond acceptors (Lipinski definition) is 8. The third-order valence-corrected chi connectivity index (χ3v) is 6.21. The number of fused-ring (bicyclic) bond motifs is 2. The fourth-order valence-electron chi connectivity index (χ4n) is 4.36. The molecule has 0 saturated carbocycles. The van der Waals surface area contributed by atoms with Gasteiger partial charge in [-0.1, -0.05) is 12.1 Å². The molecule has 1 aliphatic heterocycles. The van der Waals surface area contributed by atoms with E-state index in [0.29, 0.717) is 12.4 Å². The number of nitrogens with zero attached hydrogens (tertiary/aromatic N) is 6. The minimum Gasteiger partial charge on any atom is -0.491 e. The molecule has 1 saturated heterocycles. The van der Waals surface area contributed by atoms with E-state index in [2.05, 4.69) is 20.0 Å². The lowest BCUT2D eigenvalue weighted by Crippen LogP contribution is -2.38. The molecular formula is C26H25N7O2. The highest BCUT2D eigenvalue weighted by molar-refractivity contribution is 5.98. The van der Waals surface area contributed by atoms with Gasteiger partial charge in [-0.2, -0.15) is 5.10 Å². The van der Waals surface area contributed by atoms with Crippen LogP contribution in [-0.2, 0) is 4.74 Å². The third-order valence-electron chi connectivity index (χ3n) is 6.21. The van der Waals surface area contributed by atoms with Gasteiger partial charge in [-0.25, -0.2) is 14.5 Å². The monoisotopic (exact) mass is 467 g/mol. The van der Waals surface area contributed by atoms with E-state index in [1.54, 1.807) is 10.7 Å². The van der Waals surface area contributed by atoms with Gasteiger partial charge in [0.25, 0.3) is 0 Å². The zero-order valence-electron chi connectivity index (χ0n) is 19.2. The normalized spacial score (nSPS) is 14.5. The Kier molecular flexibility index (Phi) is 5.69. The molecule has 1 fully saturated rings. The largest absolute Gasteiger partial charge is 0.491 e. The van der Waals surface area contributed by atoms with Crippen molar-refractivity contribution in [1.29, 1.82) is 0 Å². The number of ether oxygens (including phenoxy) is 2. The molecule has 0 amide bonds. The molecule has 0 aliphatic carbocycles. The van der Waals surface area contributed by atoms with Crippen LogP contribution >= 0.6 is 0 Å². The van der Waals surface area contributed by atoms with Crippen LogP contribution in [0.4, 0.5) is 5.82 Å². The summed E-state index contributed by atoms with van der Waals surface area (Å²) in [6, 6.07) is 13.6. The number of nitrogens with two attached hydrogens (primary N) is 1. The van der Waals surface area contributed by atoms with Gasteiger partial charge in [-0.05, 0) is 35.9 Å². The van der Waals surface area contributed by atoms with Crippen LogP contribution in [0.1, 0.15) is 0 Å². The Morgan fingerprint density at radius 3 is 2.71 bits per heavy atom. The summed E-state index contributed by atoms with van der Waals surface area (Å²) in [7, 11) is 0. The molecule has 0 atom stereocenters. The van der Waals surface area contributed by atoms with Crippen molar-refractivity contribution in [3.8, 4) is 28.1 Å². The molecule has 0 radical (unpaired) electrons. The molecule has 1 aromatic carbocycles. The SMILES string of the molecule is Nc1ccc2c(-c3cnn4cc(-c5ccc(OCCN6CCOCC6)cn5)cnc34)cccc2n1. The fraction of sp³-hybridized carbons (Fsp3) is 0.231. The molecule has 0 unspecified atom stereocenters. The molecular weight excluding hydrogens is 442 g/mol. The Balaban J connectivity index is 1.21. The number of aromatic nitrogens is 5. The van der Waals surface area contributed by atoms with Crippen LogP contribution in [0, 0.1) is 0 Å². The number of morpholine rings is 1. The summed E-state index contributed by atoms with van der Waals surface area (Å²) in [4.78, 5) is 16.1. The lowest BCUT2D eigenvalue weighted by Gasteiger charge is -2.26. The summed E-state index contributed by atoms with van der Waals surface area (Å²) in [5.74, 6) is 1.25. The van der Waals surface area contributed by atoms with Crippen LogP contribution in [0.5, 0.6) is 5.75 Å². The highest BCUT2D eigenvalue weighted by Crippen LogP contribution is 2.31. The van der Waals surface area contributed by atoms with E-state index in [9.17, 15) is 0 Å². The molecule has 35 heavy (non-hydrogen) atoms. The van der Waals surface area contributed by atoms with E-state index in [1.165, 1.54) is 0 Å². The van der Waals surface area contributed by atoms with E-state index in [1.807, 2.05) is 61.1 Å². The quantitative estimate of drug-likeness (QED) is 0.406. The maximum absolute atomic E-state index is 5.87. The fourth-order valence-corrected chi connectivity index (χ4v) is 4.36. The molecule has 0 bridgehead atoms. The predicted molar refractivity (Wildman–Crippen MR) is 134 cm³/mol. The molecule has 9 nitrogen and oxygen atoms in total. The predicted octanol–water partition coefficient (Wildman–Crippen LogP) is 3.30. The minimum atomic E-state index is 0.498. The van der Waals surface area contributed by atoms with Gasteiger partial charge in [0.15, 0.2) is 5.65 Å². The topological polar surface area (TPSA) is 104 Å². The van der Waals surface area contributed by atoms with Gasteiger partial charge in [-0.3, -0.25) is 9.88 Å². The van der Waals surface area contributed by atoms with Gasteiger partial charge >= 0.3 is 0 Å². The van der Waals surface area contributed by atoms with Crippen LogP contribution in [0.2, 0.25) is 0 Å². The summed E-state index contributed by atoms with van der Waals surface area (Å²) >= 11 is 0. The number of rotatable bonds is 6. The van der Waals surface area contributed by atoms with Gasteiger partial charge < -0.3 is 15.2 Å². The van der Waals surface area contributed by atoms with Gasteiger partial charge in [-0.15, -0.1) is 0 Å². The van der Waals surface area contributed by atoms with Gasteiger partial charge in [0.1, 0.15) is 18.2 Å². The van der Waals surface area contributed by atoms with Gasteiger partial charge in [0.2, 0.25) is 0 Å². The highest BCUT2D eigenvalue weighted by atomic mass is 16.5. The summed E-state index contributed by atoms with van der Waals surface area (Å²) in [5, 5.41) is 5.56. The Morgan fingerprint density at radius 2 is 1.86 bits per heavy atom. The Labute approximate surface area is 202 Å². The molecule has 176 valence electrons. The maximum Gasteiger partial charge on any atom is 0.162 e. The lowest BCUT2D eigenvalue weighted by atomic mass is 10.0. The summed E-state index contributed by atoms with van der Waals surface area (Å²) in [6.45, 7) is 5.00. The average Bonchev–Trinajstić information content (AvgIpc) is 3.32. The van der Waals surface area contributed by atoms with Crippen LogP contribution < -0.4 is 10.5 Å². The first-order valence-corrected chi connectivity index (χ1v) is 11.6.